The molecule has 0 aliphatic carbocycles. The van der Waals surface area contributed by atoms with Gasteiger partial charge in [-0.2, -0.15) is 5.10 Å². The largest absolute Gasteiger partial charge is 0.350 e. The molecule has 25 heavy (non-hydrogen) atoms. The van der Waals surface area contributed by atoms with Gasteiger partial charge in [0.15, 0.2) is 5.78 Å². The van der Waals surface area contributed by atoms with Crippen molar-refractivity contribution in [3.8, 4) is 0 Å². The first-order valence-electron chi connectivity index (χ1n) is 8.60. The first-order chi connectivity index (χ1) is 11.8. The van der Waals surface area contributed by atoms with E-state index in [0.717, 1.165) is 17.8 Å². The molecular weight excluding hydrogens is 316 g/mol. The molecule has 1 amide bonds. The van der Waals surface area contributed by atoms with Crippen molar-refractivity contribution >= 4 is 11.7 Å². The number of rotatable bonds is 7. The Morgan fingerprint density at radius 1 is 1.28 bits per heavy atom. The van der Waals surface area contributed by atoms with Crippen LogP contribution < -0.4 is 5.32 Å². The van der Waals surface area contributed by atoms with Crippen LogP contribution in [-0.4, -0.2) is 26.5 Å². The SMILES string of the molecule is CCc1ccc(CNC(=O)C[C@H](C)n2nc(C)c(C(C)=O)c2C)nc1. The lowest BCUT2D eigenvalue weighted by atomic mass is 10.1. The first-order valence-corrected chi connectivity index (χ1v) is 8.60. The van der Waals surface area contributed by atoms with Gasteiger partial charge in [0.25, 0.3) is 0 Å². The van der Waals surface area contributed by atoms with Gasteiger partial charge in [-0.1, -0.05) is 13.0 Å². The monoisotopic (exact) mass is 342 g/mol. The van der Waals surface area contributed by atoms with Gasteiger partial charge in [-0.15, -0.1) is 0 Å². The van der Waals surface area contributed by atoms with Gasteiger partial charge in [-0.05, 0) is 45.7 Å². The van der Waals surface area contributed by atoms with Crippen LogP contribution in [0.25, 0.3) is 0 Å². The molecule has 2 aromatic rings. The van der Waals surface area contributed by atoms with E-state index in [9.17, 15) is 9.59 Å². The normalized spacial score (nSPS) is 12.0. The third-order valence-corrected chi connectivity index (χ3v) is 4.34. The highest BCUT2D eigenvalue weighted by Gasteiger charge is 2.20. The number of aryl methyl sites for hydroxylation is 2. The van der Waals surface area contributed by atoms with Crippen molar-refractivity contribution in [2.24, 2.45) is 0 Å². The van der Waals surface area contributed by atoms with Gasteiger partial charge >= 0.3 is 0 Å². The van der Waals surface area contributed by atoms with Gasteiger partial charge in [0.05, 0.1) is 29.5 Å². The van der Waals surface area contributed by atoms with Crippen molar-refractivity contribution in [2.45, 2.75) is 60.0 Å². The van der Waals surface area contributed by atoms with Crippen LogP contribution in [0.15, 0.2) is 18.3 Å². The van der Waals surface area contributed by atoms with E-state index in [4.69, 9.17) is 0 Å². The van der Waals surface area contributed by atoms with Crippen LogP contribution in [0, 0.1) is 13.8 Å². The second-order valence-electron chi connectivity index (χ2n) is 6.39. The summed E-state index contributed by atoms with van der Waals surface area (Å²) in [4.78, 5) is 28.3. The lowest BCUT2D eigenvalue weighted by Gasteiger charge is -2.14. The van der Waals surface area contributed by atoms with Crippen LogP contribution in [0.2, 0.25) is 0 Å². The molecule has 0 aliphatic rings. The maximum absolute atomic E-state index is 12.2. The molecule has 0 fully saturated rings. The number of hydrogen-bond acceptors (Lipinski definition) is 4. The van der Waals surface area contributed by atoms with Crippen molar-refractivity contribution in [1.82, 2.24) is 20.1 Å². The molecule has 0 spiro atoms. The lowest BCUT2D eigenvalue weighted by molar-refractivity contribution is -0.122. The van der Waals surface area contributed by atoms with E-state index in [1.54, 1.807) is 4.68 Å². The van der Waals surface area contributed by atoms with Crippen LogP contribution in [0.4, 0.5) is 0 Å². The van der Waals surface area contributed by atoms with Gasteiger partial charge in [-0.25, -0.2) is 0 Å². The Labute approximate surface area is 148 Å². The molecule has 2 aromatic heterocycles. The number of ketones is 1. The second-order valence-corrected chi connectivity index (χ2v) is 6.39. The third kappa shape index (κ3) is 4.53. The summed E-state index contributed by atoms with van der Waals surface area (Å²) in [6.45, 7) is 9.64. The van der Waals surface area contributed by atoms with E-state index in [1.165, 1.54) is 12.5 Å². The smallest absolute Gasteiger partial charge is 0.222 e. The minimum atomic E-state index is -0.123. The number of amides is 1. The summed E-state index contributed by atoms with van der Waals surface area (Å²) in [6.07, 6.45) is 3.08. The van der Waals surface area contributed by atoms with Gasteiger partial charge in [0, 0.05) is 18.3 Å². The fourth-order valence-electron chi connectivity index (χ4n) is 2.99. The van der Waals surface area contributed by atoms with Crippen LogP contribution in [0.1, 0.15) is 66.2 Å². The number of carbonyl (C=O) groups is 2. The minimum absolute atomic E-state index is 0.000461. The van der Waals surface area contributed by atoms with E-state index >= 15 is 0 Å². The molecule has 0 bridgehead atoms. The van der Waals surface area contributed by atoms with Crippen LogP contribution in [0.3, 0.4) is 0 Å². The maximum Gasteiger partial charge on any atom is 0.222 e. The van der Waals surface area contributed by atoms with Crippen LogP contribution in [-0.2, 0) is 17.8 Å². The number of Topliss-reactive ketones (excluding diaryl/α,β-unsaturated/α-hetero) is 1. The van der Waals surface area contributed by atoms with Gasteiger partial charge in [0.2, 0.25) is 5.91 Å². The predicted octanol–water partition coefficient (Wildman–Crippen LogP) is 2.93. The van der Waals surface area contributed by atoms with Crippen molar-refractivity contribution < 1.29 is 9.59 Å². The highest BCUT2D eigenvalue weighted by atomic mass is 16.1. The summed E-state index contributed by atoms with van der Waals surface area (Å²) >= 11 is 0. The van der Waals surface area contributed by atoms with Gasteiger partial charge in [0.1, 0.15) is 0 Å². The molecule has 6 heteroatoms. The molecule has 2 heterocycles. The maximum atomic E-state index is 12.2. The Kier molecular flexibility index (Phi) is 6.07. The lowest BCUT2D eigenvalue weighted by Crippen LogP contribution is -2.26. The van der Waals surface area contributed by atoms with Gasteiger partial charge < -0.3 is 5.32 Å². The fraction of sp³-hybridized carbons (Fsp3) is 0.474. The summed E-state index contributed by atoms with van der Waals surface area (Å²) < 4.78 is 1.76. The van der Waals surface area contributed by atoms with Crippen molar-refractivity contribution in [3.63, 3.8) is 0 Å². The summed E-state index contributed by atoms with van der Waals surface area (Å²) in [7, 11) is 0. The average molecular weight is 342 g/mol. The number of nitrogens with zero attached hydrogens (tertiary/aromatic N) is 3. The Hall–Kier alpha value is -2.50. The highest BCUT2D eigenvalue weighted by Crippen LogP contribution is 2.19. The molecule has 1 N–H and O–H groups in total. The van der Waals surface area contributed by atoms with E-state index in [0.29, 0.717) is 24.2 Å². The zero-order chi connectivity index (χ0) is 18.6. The molecule has 2 rings (SSSR count). The minimum Gasteiger partial charge on any atom is -0.350 e. The molecule has 0 saturated heterocycles. The highest BCUT2D eigenvalue weighted by molar-refractivity contribution is 5.96. The zero-order valence-electron chi connectivity index (χ0n) is 15.6. The summed E-state index contributed by atoms with van der Waals surface area (Å²) in [5.74, 6) is -0.0645. The molecule has 134 valence electrons. The average Bonchev–Trinajstić information content (AvgIpc) is 2.88. The van der Waals surface area contributed by atoms with Crippen LogP contribution >= 0.6 is 0 Å². The van der Waals surface area contributed by atoms with E-state index in [2.05, 4.69) is 22.3 Å². The van der Waals surface area contributed by atoms with Crippen molar-refractivity contribution in [2.75, 3.05) is 0 Å². The van der Waals surface area contributed by atoms with Crippen molar-refractivity contribution in [3.05, 3.63) is 46.5 Å². The Morgan fingerprint density at radius 2 is 2.00 bits per heavy atom. The van der Waals surface area contributed by atoms with E-state index in [-0.39, 0.29) is 17.7 Å². The molecule has 0 aromatic carbocycles. The molecule has 0 radical (unpaired) electrons. The molecule has 0 aliphatic heterocycles. The Balaban J connectivity index is 1.95. The van der Waals surface area contributed by atoms with E-state index < -0.39 is 0 Å². The van der Waals surface area contributed by atoms with Crippen molar-refractivity contribution in [1.29, 1.82) is 0 Å². The third-order valence-electron chi connectivity index (χ3n) is 4.34. The number of hydrogen-bond donors (Lipinski definition) is 1. The molecule has 0 saturated carbocycles. The number of nitrogens with one attached hydrogen (secondary N) is 1. The Morgan fingerprint density at radius 3 is 2.52 bits per heavy atom. The topological polar surface area (TPSA) is 76.9 Å². The molecule has 0 unspecified atom stereocenters. The van der Waals surface area contributed by atoms with E-state index in [1.807, 2.05) is 39.1 Å². The number of pyridine rings is 1. The standard InChI is InChI=1S/C19H26N4O2/c1-6-16-7-8-17(20-10-16)11-21-18(25)9-12(2)23-14(4)19(15(5)24)13(3)22-23/h7-8,10,12H,6,9,11H2,1-5H3,(H,21,25)/t12-/m0/s1. The zero-order valence-corrected chi connectivity index (χ0v) is 15.6. The van der Waals surface area contributed by atoms with Gasteiger partial charge in [-0.3, -0.25) is 19.3 Å². The summed E-state index contributed by atoms with van der Waals surface area (Å²) in [5, 5.41) is 7.32. The fourth-order valence-corrected chi connectivity index (χ4v) is 2.99. The molecule has 6 nitrogen and oxygen atoms in total. The summed E-state index contributed by atoms with van der Waals surface area (Å²) in [6, 6.07) is 3.83. The van der Waals surface area contributed by atoms with Crippen LogP contribution in [0.5, 0.6) is 0 Å². The number of carbonyl (C=O) groups excluding carboxylic acids is 2. The number of aromatic nitrogens is 3. The predicted molar refractivity (Wildman–Crippen MR) is 96.5 cm³/mol. The summed E-state index contributed by atoms with van der Waals surface area (Å²) in [5.41, 5.74) is 4.17. The quantitative estimate of drug-likeness (QED) is 0.785. The molecule has 1 atom stereocenters. The second kappa shape index (κ2) is 8.05. The Bertz CT molecular complexity index is 762. The molecular formula is C19H26N4O2. The first kappa shape index (κ1) is 18.8.